The maximum absolute atomic E-state index is 12.0. The molecular weight excluding hydrogens is 230 g/mol. The van der Waals surface area contributed by atoms with E-state index in [0.717, 1.165) is 5.69 Å². The van der Waals surface area contributed by atoms with Gasteiger partial charge in [0.25, 0.3) is 0 Å². The van der Waals surface area contributed by atoms with Gasteiger partial charge in [-0.15, -0.1) is 6.58 Å². The van der Waals surface area contributed by atoms with E-state index < -0.39 is 0 Å². The highest BCUT2D eigenvalue weighted by molar-refractivity contribution is 5.97. The molecule has 0 aromatic heterocycles. The van der Waals surface area contributed by atoms with Gasteiger partial charge in [0, 0.05) is 24.9 Å². The Morgan fingerprint density at radius 3 is 2.72 bits per heavy atom. The van der Waals surface area contributed by atoms with Gasteiger partial charge in [-0.2, -0.15) is 0 Å². The van der Waals surface area contributed by atoms with E-state index in [-0.39, 0.29) is 11.8 Å². The highest BCUT2D eigenvalue weighted by Crippen LogP contribution is 2.36. The van der Waals surface area contributed by atoms with Crippen molar-refractivity contribution in [2.24, 2.45) is 5.92 Å². The van der Waals surface area contributed by atoms with E-state index in [1.807, 2.05) is 24.3 Å². The molecule has 1 unspecified atom stereocenters. The lowest BCUT2D eigenvalue weighted by Gasteiger charge is -2.20. The first-order chi connectivity index (χ1) is 8.69. The second-order valence-corrected chi connectivity index (χ2v) is 4.24. The Morgan fingerprint density at radius 1 is 1.39 bits per heavy atom. The molecular formula is C14H17NO3. The van der Waals surface area contributed by atoms with Gasteiger partial charge >= 0.3 is 0 Å². The number of methoxy groups -OCH3 is 2. The fourth-order valence-electron chi connectivity index (χ4n) is 2.13. The summed E-state index contributed by atoms with van der Waals surface area (Å²) in [7, 11) is 3.20. The molecule has 1 aromatic carbocycles. The number of hydrogen-bond acceptors (Lipinski definition) is 3. The molecule has 18 heavy (non-hydrogen) atoms. The lowest BCUT2D eigenvalue weighted by molar-refractivity contribution is -0.117. The van der Waals surface area contributed by atoms with E-state index in [9.17, 15) is 4.79 Å². The lowest BCUT2D eigenvalue weighted by Crippen LogP contribution is -2.24. The molecule has 0 N–H and O–H groups in total. The van der Waals surface area contributed by atoms with Crippen LogP contribution in [0.1, 0.15) is 6.42 Å². The van der Waals surface area contributed by atoms with E-state index in [2.05, 4.69) is 6.58 Å². The summed E-state index contributed by atoms with van der Waals surface area (Å²) in [6.07, 6.45) is 2.33. The van der Waals surface area contributed by atoms with Crippen LogP contribution in [0.2, 0.25) is 0 Å². The number of anilines is 1. The third-order valence-electron chi connectivity index (χ3n) is 3.17. The third kappa shape index (κ3) is 2.18. The average Bonchev–Trinajstić information content (AvgIpc) is 2.79. The van der Waals surface area contributed by atoms with Crippen molar-refractivity contribution < 1.29 is 14.3 Å². The Kier molecular flexibility index (Phi) is 3.55. The summed E-state index contributed by atoms with van der Waals surface area (Å²) in [5.74, 6) is 1.68. The largest absolute Gasteiger partial charge is 0.497 e. The van der Waals surface area contributed by atoms with Gasteiger partial charge < -0.3 is 14.4 Å². The Labute approximate surface area is 107 Å². The summed E-state index contributed by atoms with van der Waals surface area (Å²) in [6.45, 7) is 4.39. The predicted octanol–water partition coefficient (Wildman–Crippen LogP) is 2.24. The second kappa shape index (κ2) is 5.12. The maximum Gasteiger partial charge on any atom is 0.227 e. The molecule has 0 spiro atoms. The fraction of sp³-hybridized carbons (Fsp3) is 0.357. The lowest BCUT2D eigenvalue weighted by atomic mass is 10.1. The standard InChI is InChI=1S/C14H17NO3/c1-4-10-7-14(16)15(9-10)12-8-11(17-2)5-6-13(12)18-3/h4-6,8,10H,1,7,9H2,2-3H3. The van der Waals surface area contributed by atoms with Crippen LogP contribution in [-0.2, 0) is 4.79 Å². The van der Waals surface area contributed by atoms with Crippen molar-refractivity contribution >= 4 is 11.6 Å². The Bertz CT molecular complexity index is 470. The molecule has 1 saturated heterocycles. The summed E-state index contributed by atoms with van der Waals surface area (Å²) in [5.41, 5.74) is 0.756. The number of carbonyl (C=O) groups excluding carboxylic acids is 1. The van der Waals surface area contributed by atoms with E-state index in [1.54, 1.807) is 19.1 Å². The number of ether oxygens (including phenoxy) is 2. The van der Waals surface area contributed by atoms with Gasteiger partial charge in [-0.05, 0) is 12.1 Å². The quantitative estimate of drug-likeness (QED) is 0.766. The zero-order valence-electron chi connectivity index (χ0n) is 10.7. The first kappa shape index (κ1) is 12.5. The normalized spacial score (nSPS) is 18.9. The number of amides is 1. The first-order valence-electron chi connectivity index (χ1n) is 5.84. The SMILES string of the molecule is C=CC1CC(=O)N(c2cc(OC)ccc2OC)C1. The Morgan fingerprint density at radius 2 is 2.17 bits per heavy atom. The summed E-state index contributed by atoms with van der Waals surface area (Å²) >= 11 is 0. The van der Waals surface area contributed by atoms with Gasteiger partial charge in [-0.3, -0.25) is 4.79 Å². The zero-order chi connectivity index (χ0) is 13.1. The van der Waals surface area contributed by atoms with E-state index in [0.29, 0.717) is 24.5 Å². The van der Waals surface area contributed by atoms with Crippen LogP contribution in [0.3, 0.4) is 0 Å². The molecule has 2 rings (SSSR count). The number of nitrogens with zero attached hydrogens (tertiary/aromatic N) is 1. The van der Waals surface area contributed by atoms with Crippen LogP contribution in [0.15, 0.2) is 30.9 Å². The molecule has 96 valence electrons. The van der Waals surface area contributed by atoms with Gasteiger partial charge in [0.15, 0.2) is 0 Å². The second-order valence-electron chi connectivity index (χ2n) is 4.24. The van der Waals surface area contributed by atoms with Gasteiger partial charge in [0.1, 0.15) is 11.5 Å². The molecule has 0 bridgehead atoms. The van der Waals surface area contributed by atoms with Gasteiger partial charge in [0.05, 0.1) is 19.9 Å². The van der Waals surface area contributed by atoms with Crippen molar-refractivity contribution in [3.63, 3.8) is 0 Å². The minimum Gasteiger partial charge on any atom is -0.497 e. The van der Waals surface area contributed by atoms with Gasteiger partial charge in [-0.25, -0.2) is 0 Å². The van der Waals surface area contributed by atoms with Crippen molar-refractivity contribution in [3.8, 4) is 11.5 Å². The van der Waals surface area contributed by atoms with E-state index in [4.69, 9.17) is 9.47 Å². The molecule has 1 atom stereocenters. The molecule has 0 saturated carbocycles. The number of hydrogen-bond donors (Lipinski definition) is 0. The number of rotatable bonds is 4. The summed E-state index contributed by atoms with van der Waals surface area (Å²) in [4.78, 5) is 13.7. The van der Waals surface area contributed by atoms with Gasteiger partial charge in [0.2, 0.25) is 5.91 Å². The highest BCUT2D eigenvalue weighted by atomic mass is 16.5. The molecule has 1 fully saturated rings. The van der Waals surface area contributed by atoms with Crippen LogP contribution in [-0.4, -0.2) is 26.7 Å². The zero-order valence-corrected chi connectivity index (χ0v) is 10.7. The number of benzene rings is 1. The molecule has 4 nitrogen and oxygen atoms in total. The minimum absolute atomic E-state index is 0.0893. The van der Waals surface area contributed by atoms with Crippen LogP contribution in [0.4, 0.5) is 5.69 Å². The van der Waals surface area contributed by atoms with Crippen LogP contribution >= 0.6 is 0 Å². The Balaban J connectivity index is 2.37. The van der Waals surface area contributed by atoms with Crippen LogP contribution in [0.5, 0.6) is 11.5 Å². The predicted molar refractivity (Wildman–Crippen MR) is 70.2 cm³/mol. The van der Waals surface area contributed by atoms with Crippen molar-refractivity contribution in [2.45, 2.75) is 6.42 Å². The third-order valence-corrected chi connectivity index (χ3v) is 3.17. The van der Waals surface area contributed by atoms with E-state index >= 15 is 0 Å². The van der Waals surface area contributed by atoms with Crippen LogP contribution in [0, 0.1) is 5.92 Å². The van der Waals surface area contributed by atoms with Crippen molar-refractivity contribution in [1.29, 1.82) is 0 Å². The number of carbonyl (C=O) groups is 1. The summed E-state index contributed by atoms with van der Waals surface area (Å²) in [6, 6.07) is 5.44. The van der Waals surface area contributed by atoms with Crippen molar-refractivity contribution in [1.82, 2.24) is 0 Å². The molecule has 1 aromatic rings. The van der Waals surface area contributed by atoms with E-state index in [1.165, 1.54) is 0 Å². The minimum atomic E-state index is 0.0893. The topological polar surface area (TPSA) is 38.8 Å². The molecule has 1 heterocycles. The summed E-state index contributed by atoms with van der Waals surface area (Å²) < 4.78 is 10.5. The molecule has 1 aliphatic heterocycles. The molecule has 1 aliphatic rings. The highest BCUT2D eigenvalue weighted by Gasteiger charge is 2.30. The summed E-state index contributed by atoms with van der Waals surface area (Å²) in [5, 5.41) is 0. The average molecular weight is 247 g/mol. The molecule has 0 radical (unpaired) electrons. The monoisotopic (exact) mass is 247 g/mol. The Hall–Kier alpha value is -1.97. The van der Waals surface area contributed by atoms with Crippen LogP contribution < -0.4 is 14.4 Å². The first-order valence-corrected chi connectivity index (χ1v) is 5.84. The van der Waals surface area contributed by atoms with Crippen molar-refractivity contribution in [3.05, 3.63) is 30.9 Å². The fourth-order valence-corrected chi connectivity index (χ4v) is 2.13. The van der Waals surface area contributed by atoms with Crippen molar-refractivity contribution in [2.75, 3.05) is 25.7 Å². The van der Waals surface area contributed by atoms with Gasteiger partial charge in [-0.1, -0.05) is 6.08 Å². The van der Waals surface area contributed by atoms with Crippen LogP contribution in [0.25, 0.3) is 0 Å². The molecule has 4 heteroatoms. The smallest absolute Gasteiger partial charge is 0.227 e. The maximum atomic E-state index is 12.0. The molecule has 1 amide bonds. The molecule has 0 aliphatic carbocycles.